The van der Waals surface area contributed by atoms with Crippen molar-refractivity contribution in [3.8, 4) is 0 Å². The van der Waals surface area contributed by atoms with Crippen molar-refractivity contribution >= 4 is 24.7 Å². The quantitative estimate of drug-likeness (QED) is 0.462. The second kappa shape index (κ2) is 6.69. The van der Waals surface area contributed by atoms with Crippen molar-refractivity contribution in [1.82, 2.24) is 3.90 Å². The molecule has 0 unspecified atom stereocenters. The molecule has 0 heterocycles. The summed E-state index contributed by atoms with van der Waals surface area (Å²) in [5, 5.41) is 0.766. The van der Waals surface area contributed by atoms with Crippen molar-refractivity contribution in [3.05, 3.63) is 12.3 Å². The number of nitrogens with zero attached hydrogens (tertiary/aromatic N) is 1. The van der Waals surface area contributed by atoms with E-state index in [0.29, 0.717) is 10.1 Å². The van der Waals surface area contributed by atoms with Crippen LogP contribution in [0.15, 0.2) is 12.3 Å². The van der Waals surface area contributed by atoms with E-state index < -0.39 is 24.7 Å². The Hall–Kier alpha value is 0.351. The van der Waals surface area contributed by atoms with Gasteiger partial charge in [-0.05, 0) is 22.2 Å². The molecule has 0 saturated carbocycles. The van der Waals surface area contributed by atoms with Crippen LogP contribution in [-0.4, -0.2) is 28.6 Å². The van der Waals surface area contributed by atoms with Crippen LogP contribution >= 0.6 is 0 Å². The third kappa shape index (κ3) is 3.71. The highest BCUT2D eigenvalue weighted by Crippen LogP contribution is 2.50. The topological polar surface area (TPSA) is 3.24 Å². The van der Waals surface area contributed by atoms with Gasteiger partial charge < -0.3 is 3.90 Å². The van der Waals surface area contributed by atoms with Gasteiger partial charge in [0.2, 0.25) is 0 Å². The molecule has 0 rings (SSSR count). The zero-order chi connectivity index (χ0) is 18.2. The van der Waals surface area contributed by atoms with Crippen molar-refractivity contribution < 1.29 is 0 Å². The summed E-state index contributed by atoms with van der Waals surface area (Å²) in [6.45, 7) is 34.4. The van der Waals surface area contributed by atoms with Crippen molar-refractivity contribution in [1.29, 1.82) is 0 Å². The molecule has 0 aromatic rings. The first-order valence-corrected chi connectivity index (χ1v) is 17.3. The van der Waals surface area contributed by atoms with Crippen molar-refractivity contribution in [2.24, 2.45) is 0 Å². The van der Waals surface area contributed by atoms with Crippen LogP contribution in [0.3, 0.4) is 0 Å². The second-order valence-corrected chi connectivity index (χ2v) is 25.9. The van der Waals surface area contributed by atoms with Gasteiger partial charge in [0.25, 0.3) is 0 Å². The van der Waals surface area contributed by atoms with Gasteiger partial charge >= 0.3 is 0 Å². The zero-order valence-corrected chi connectivity index (χ0v) is 20.6. The molecular weight excluding hydrogens is 314 g/mol. The Kier molecular flexibility index (Phi) is 6.80. The van der Waals surface area contributed by atoms with Crippen LogP contribution in [0.4, 0.5) is 0 Å². The Bertz CT molecular complexity index is 356. The van der Waals surface area contributed by atoms with E-state index in [0.717, 1.165) is 0 Å². The first-order valence-electron chi connectivity index (χ1n) is 8.99. The highest BCUT2D eigenvalue weighted by Gasteiger charge is 2.57. The Morgan fingerprint density at radius 3 is 1.18 bits per heavy atom. The molecule has 0 radical (unpaired) electrons. The van der Waals surface area contributed by atoms with Gasteiger partial charge in [-0.3, -0.25) is 0 Å². The molecule has 0 bridgehead atoms. The van der Waals surface area contributed by atoms with Gasteiger partial charge in [0.1, 0.15) is 24.7 Å². The lowest BCUT2D eigenvalue weighted by Crippen LogP contribution is -2.77. The third-order valence-electron chi connectivity index (χ3n) is 6.84. The van der Waals surface area contributed by atoms with Gasteiger partial charge in [0, 0.05) is 0 Å². The van der Waals surface area contributed by atoms with Crippen LogP contribution in [0.25, 0.3) is 0 Å². The molecule has 4 heteroatoms. The fourth-order valence-electron chi connectivity index (χ4n) is 3.43. The maximum Gasteiger partial charge on any atom is 0.138 e. The second-order valence-electron chi connectivity index (χ2n) is 9.97. The van der Waals surface area contributed by atoms with E-state index in [9.17, 15) is 0 Å². The fraction of sp³-hybridized carbons (Fsp3) is 0.889. The van der Waals surface area contributed by atoms with E-state index in [-0.39, 0.29) is 0 Å². The third-order valence-corrected chi connectivity index (χ3v) is 29.9. The highest BCUT2D eigenvalue weighted by atomic mass is 28.5. The monoisotopic (exact) mass is 357 g/mol. The van der Waals surface area contributed by atoms with Crippen LogP contribution in [0.5, 0.6) is 0 Å². The van der Waals surface area contributed by atoms with Gasteiger partial charge in [-0.15, -0.1) is 6.58 Å². The molecule has 0 aromatic carbocycles. The molecule has 0 N–H and O–H groups in total. The predicted octanol–water partition coefficient (Wildman–Crippen LogP) is 7.01. The average molecular weight is 358 g/mol. The van der Waals surface area contributed by atoms with Gasteiger partial charge in [0.05, 0.1) is 0 Å². The van der Waals surface area contributed by atoms with E-state index in [1.165, 1.54) is 12.1 Å². The molecule has 0 aromatic heterocycles. The standard InChI is InChI=1S/C18H43NSi3/c1-14-22(15-2,16-3)19(20(10,11)17(4,5)6)21(12,13)18(7,8)9/h14H,1,15-16H2,2-13H3. The van der Waals surface area contributed by atoms with Crippen molar-refractivity contribution in [2.75, 3.05) is 0 Å². The van der Waals surface area contributed by atoms with E-state index in [4.69, 9.17) is 0 Å². The minimum atomic E-state index is -1.62. The highest BCUT2D eigenvalue weighted by molar-refractivity contribution is 7.08. The minimum absolute atomic E-state index is 0.383. The van der Waals surface area contributed by atoms with Gasteiger partial charge in [-0.2, -0.15) is 0 Å². The Labute approximate surface area is 144 Å². The van der Waals surface area contributed by atoms with E-state index in [2.05, 4.69) is 97.8 Å². The van der Waals surface area contributed by atoms with Gasteiger partial charge in [-0.1, -0.05) is 87.3 Å². The molecular formula is C18H43NSi3. The summed E-state index contributed by atoms with van der Waals surface area (Å²) in [7, 11) is -4.80. The summed E-state index contributed by atoms with van der Waals surface area (Å²) in [5.41, 5.74) is 2.41. The van der Waals surface area contributed by atoms with E-state index >= 15 is 0 Å². The van der Waals surface area contributed by atoms with Gasteiger partial charge in [0.15, 0.2) is 0 Å². The average Bonchev–Trinajstić information content (AvgIpc) is 2.32. The van der Waals surface area contributed by atoms with Crippen LogP contribution < -0.4 is 0 Å². The first-order chi connectivity index (χ1) is 9.55. The van der Waals surface area contributed by atoms with Gasteiger partial charge in [-0.25, -0.2) is 0 Å². The van der Waals surface area contributed by atoms with Crippen molar-refractivity contribution in [3.63, 3.8) is 0 Å². The summed E-state index contributed by atoms with van der Waals surface area (Å²) >= 11 is 0. The molecule has 22 heavy (non-hydrogen) atoms. The molecule has 0 spiro atoms. The van der Waals surface area contributed by atoms with Crippen molar-refractivity contribution in [2.45, 2.75) is 104 Å². The smallest absolute Gasteiger partial charge is 0.138 e. The lowest BCUT2D eigenvalue weighted by Gasteiger charge is -2.63. The summed E-state index contributed by atoms with van der Waals surface area (Å²) < 4.78 is 3.19. The van der Waals surface area contributed by atoms with E-state index in [1.54, 1.807) is 0 Å². The molecule has 0 aliphatic carbocycles. The summed E-state index contributed by atoms with van der Waals surface area (Å²) in [5.74, 6) is 0. The minimum Gasteiger partial charge on any atom is -0.364 e. The zero-order valence-electron chi connectivity index (χ0n) is 17.6. The number of hydrogen-bond donors (Lipinski definition) is 0. The molecule has 0 fully saturated rings. The fourth-order valence-corrected chi connectivity index (χ4v) is 27.6. The normalized spacial score (nSPS) is 15.3. The SMILES string of the molecule is C=C[Si](CC)(CC)N([Si](C)(C)C(C)(C)C)[Si](C)(C)C(C)(C)C. The number of rotatable bonds is 6. The van der Waals surface area contributed by atoms with Crippen LogP contribution in [-0.2, 0) is 0 Å². The largest absolute Gasteiger partial charge is 0.364 e. The molecule has 1 nitrogen and oxygen atoms in total. The van der Waals surface area contributed by atoms with Crippen LogP contribution in [0, 0.1) is 0 Å². The lowest BCUT2D eigenvalue weighted by atomic mass is 10.2. The van der Waals surface area contributed by atoms with E-state index in [1.807, 2.05) is 0 Å². The Morgan fingerprint density at radius 1 is 0.773 bits per heavy atom. The summed E-state index contributed by atoms with van der Waals surface area (Å²) in [6.07, 6.45) is 0. The molecule has 132 valence electrons. The lowest BCUT2D eigenvalue weighted by molar-refractivity contribution is 0.616. The molecule has 0 aliphatic rings. The predicted molar refractivity (Wildman–Crippen MR) is 113 cm³/mol. The molecule has 0 amide bonds. The Morgan fingerprint density at radius 2 is 1.05 bits per heavy atom. The van der Waals surface area contributed by atoms with Crippen LogP contribution in [0.2, 0.25) is 48.4 Å². The summed E-state index contributed by atoms with van der Waals surface area (Å²) in [6, 6.07) is 2.60. The first kappa shape index (κ1) is 22.4. The Balaban J connectivity index is 6.56. The molecule has 0 atom stereocenters. The maximum absolute atomic E-state index is 4.35. The number of hydrogen-bond acceptors (Lipinski definition) is 1. The molecule has 0 aliphatic heterocycles. The maximum atomic E-state index is 4.35. The molecule has 0 saturated heterocycles. The summed E-state index contributed by atoms with van der Waals surface area (Å²) in [4.78, 5) is 0. The van der Waals surface area contributed by atoms with Crippen LogP contribution in [0.1, 0.15) is 55.4 Å².